The highest BCUT2D eigenvalue weighted by Gasteiger charge is 2.65. The number of carboxylic acid groups (broad SMARTS) is 1. The molecule has 0 spiro atoms. The lowest BCUT2D eigenvalue weighted by Gasteiger charge is -2.17. The first kappa shape index (κ1) is 15.4. The Morgan fingerprint density at radius 1 is 1.24 bits per heavy atom. The molecule has 0 radical (unpaired) electrons. The van der Waals surface area contributed by atoms with Crippen molar-refractivity contribution in [2.75, 3.05) is 24.3 Å². The lowest BCUT2D eigenvalue weighted by molar-refractivity contribution is -0.140. The van der Waals surface area contributed by atoms with Crippen LogP contribution in [0.15, 0.2) is 18.2 Å². The van der Waals surface area contributed by atoms with Crippen LogP contribution in [0.25, 0.3) is 0 Å². The molecule has 0 aromatic heterocycles. The van der Waals surface area contributed by atoms with Crippen LogP contribution in [0.3, 0.4) is 0 Å². The van der Waals surface area contributed by atoms with Gasteiger partial charge in [0.15, 0.2) is 0 Å². The Balaban J connectivity index is 2.15. The summed E-state index contributed by atoms with van der Waals surface area (Å²) >= 11 is 0. The van der Waals surface area contributed by atoms with E-state index in [1.807, 2.05) is 58.0 Å². The molecule has 114 valence electrons. The molecule has 5 heteroatoms. The Morgan fingerprint density at radius 2 is 1.86 bits per heavy atom. The summed E-state index contributed by atoms with van der Waals surface area (Å²) in [5, 5.41) is 12.0. The topological polar surface area (TPSA) is 69.6 Å². The molecule has 1 fully saturated rings. The van der Waals surface area contributed by atoms with E-state index >= 15 is 0 Å². The number of amides is 1. The third-order valence-electron chi connectivity index (χ3n) is 4.33. The van der Waals surface area contributed by atoms with Gasteiger partial charge in [-0.25, -0.2) is 0 Å². The van der Waals surface area contributed by atoms with Crippen molar-refractivity contribution in [3.63, 3.8) is 0 Å². The second-order valence-corrected chi connectivity index (χ2v) is 6.50. The van der Waals surface area contributed by atoms with Gasteiger partial charge >= 0.3 is 5.97 Å². The van der Waals surface area contributed by atoms with Crippen molar-refractivity contribution in [1.29, 1.82) is 0 Å². The fourth-order valence-electron chi connectivity index (χ4n) is 2.98. The van der Waals surface area contributed by atoms with Crippen LogP contribution in [0, 0.1) is 24.2 Å². The van der Waals surface area contributed by atoms with Gasteiger partial charge in [0.25, 0.3) is 0 Å². The number of aliphatic carboxylic acids is 1. The lowest BCUT2D eigenvalue weighted by atomic mass is 10.1. The number of aryl methyl sites for hydroxylation is 1. The van der Waals surface area contributed by atoms with Gasteiger partial charge in [-0.3, -0.25) is 9.59 Å². The summed E-state index contributed by atoms with van der Waals surface area (Å²) in [6, 6.07) is 5.68. The van der Waals surface area contributed by atoms with E-state index in [2.05, 4.69) is 5.32 Å². The van der Waals surface area contributed by atoms with Crippen LogP contribution in [0.5, 0.6) is 0 Å². The normalized spacial score (nSPS) is 22.5. The van der Waals surface area contributed by atoms with E-state index in [-0.39, 0.29) is 5.91 Å². The Bertz CT molecular complexity index is 593. The van der Waals surface area contributed by atoms with E-state index < -0.39 is 23.2 Å². The average molecular weight is 290 g/mol. The maximum absolute atomic E-state index is 12.3. The van der Waals surface area contributed by atoms with Crippen LogP contribution < -0.4 is 10.2 Å². The summed E-state index contributed by atoms with van der Waals surface area (Å²) in [7, 11) is 3.89. The first-order chi connectivity index (χ1) is 9.66. The summed E-state index contributed by atoms with van der Waals surface area (Å²) in [6.07, 6.45) is 0. The average Bonchev–Trinajstić information content (AvgIpc) is 2.94. The molecule has 1 aromatic rings. The summed E-state index contributed by atoms with van der Waals surface area (Å²) in [4.78, 5) is 25.4. The van der Waals surface area contributed by atoms with Gasteiger partial charge in [0.05, 0.1) is 11.8 Å². The van der Waals surface area contributed by atoms with Crippen molar-refractivity contribution in [3.8, 4) is 0 Å². The first-order valence-corrected chi connectivity index (χ1v) is 6.98. The number of benzene rings is 1. The van der Waals surface area contributed by atoms with Crippen molar-refractivity contribution in [2.45, 2.75) is 20.8 Å². The molecule has 21 heavy (non-hydrogen) atoms. The SMILES string of the molecule is Cc1ccc(NC(=O)C2C(C(=O)O)C2(C)C)cc1N(C)C. The van der Waals surface area contributed by atoms with E-state index in [4.69, 9.17) is 5.11 Å². The van der Waals surface area contributed by atoms with E-state index in [0.29, 0.717) is 5.69 Å². The van der Waals surface area contributed by atoms with E-state index in [1.54, 1.807) is 0 Å². The molecular formula is C16H22N2O3. The monoisotopic (exact) mass is 290 g/mol. The zero-order valence-electron chi connectivity index (χ0n) is 13.1. The van der Waals surface area contributed by atoms with Gasteiger partial charge in [0.1, 0.15) is 0 Å². The van der Waals surface area contributed by atoms with E-state index in [0.717, 1.165) is 11.3 Å². The number of anilines is 2. The number of nitrogens with zero attached hydrogens (tertiary/aromatic N) is 1. The highest BCUT2D eigenvalue weighted by molar-refractivity contribution is 6.00. The molecule has 2 N–H and O–H groups in total. The van der Waals surface area contributed by atoms with Crippen molar-refractivity contribution >= 4 is 23.3 Å². The molecule has 1 aliphatic rings. The number of carboxylic acids is 1. The fourth-order valence-corrected chi connectivity index (χ4v) is 2.98. The number of carbonyl (C=O) groups excluding carboxylic acids is 1. The molecule has 0 bridgehead atoms. The zero-order chi connectivity index (χ0) is 15.9. The van der Waals surface area contributed by atoms with Crippen LogP contribution in [0.2, 0.25) is 0 Å². The molecular weight excluding hydrogens is 268 g/mol. The highest BCUT2D eigenvalue weighted by Crippen LogP contribution is 2.58. The van der Waals surface area contributed by atoms with Crippen molar-refractivity contribution < 1.29 is 14.7 Å². The van der Waals surface area contributed by atoms with Crippen LogP contribution in [-0.4, -0.2) is 31.1 Å². The minimum absolute atomic E-state index is 0.221. The first-order valence-electron chi connectivity index (χ1n) is 6.98. The standard InChI is InChI=1S/C16H22N2O3/c1-9-6-7-10(8-11(9)18(4)5)17-14(19)12-13(15(20)21)16(12,2)3/h6-8,12-13H,1-5H3,(H,17,19)(H,20,21). The van der Waals surface area contributed by atoms with Crippen molar-refractivity contribution in [1.82, 2.24) is 0 Å². The largest absolute Gasteiger partial charge is 0.481 e. The maximum Gasteiger partial charge on any atom is 0.307 e. The molecule has 1 aromatic carbocycles. The van der Waals surface area contributed by atoms with Crippen LogP contribution >= 0.6 is 0 Å². The molecule has 0 aliphatic heterocycles. The molecule has 1 aliphatic carbocycles. The number of hydrogen-bond donors (Lipinski definition) is 2. The van der Waals surface area contributed by atoms with Crippen molar-refractivity contribution in [3.05, 3.63) is 23.8 Å². The van der Waals surface area contributed by atoms with Gasteiger partial charge in [0.2, 0.25) is 5.91 Å². The second-order valence-electron chi connectivity index (χ2n) is 6.50. The lowest BCUT2D eigenvalue weighted by Crippen LogP contribution is -2.18. The van der Waals surface area contributed by atoms with Gasteiger partial charge in [0, 0.05) is 25.5 Å². The third-order valence-corrected chi connectivity index (χ3v) is 4.33. The van der Waals surface area contributed by atoms with Gasteiger partial charge in [-0.1, -0.05) is 19.9 Å². The summed E-state index contributed by atoms with van der Waals surface area (Å²) in [6.45, 7) is 5.64. The Labute approximate surface area is 125 Å². The molecule has 0 heterocycles. The predicted octanol–water partition coefficient (Wildman–Crippen LogP) is 2.36. The quantitative estimate of drug-likeness (QED) is 0.893. The number of rotatable bonds is 4. The van der Waals surface area contributed by atoms with Crippen molar-refractivity contribution in [2.24, 2.45) is 17.3 Å². The Kier molecular flexibility index (Phi) is 3.70. The number of nitrogens with one attached hydrogen (secondary N) is 1. The zero-order valence-corrected chi connectivity index (χ0v) is 13.1. The summed E-state index contributed by atoms with van der Waals surface area (Å²) in [5.41, 5.74) is 2.36. The maximum atomic E-state index is 12.3. The molecule has 0 saturated heterocycles. The van der Waals surface area contributed by atoms with E-state index in [1.165, 1.54) is 0 Å². The van der Waals surface area contributed by atoms with Gasteiger partial charge < -0.3 is 15.3 Å². The number of carbonyl (C=O) groups is 2. The third kappa shape index (κ3) is 2.73. The Hall–Kier alpha value is -2.04. The fraction of sp³-hybridized carbons (Fsp3) is 0.500. The highest BCUT2D eigenvalue weighted by atomic mass is 16.4. The summed E-state index contributed by atoms with van der Waals surface area (Å²) in [5.74, 6) is -2.20. The molecule has 5 nitrogen and oxygen atoms in total. The van der Waals surface area contributed by atoms with Gasteiger partial charge in [-0.15, -0.1) is 0 Å². The summed E-state index contributed by atoms with van der Waals surface area (Å²) < 4.78 is 0. The van der Waals surface area contributed by atoms with Crippen LogP contribution in [0.1, 0.15) is 19.4 Å². The predicted molar refractivity (Wildman–Crippen MR) is 82.5 cm³/mol. The molecule has 1 amide bonds. The molecule has 2 unspecified atom stereocenters. The van der Waals surface area contributed by atoms with Gasteiger partial charge in [-0.2, -0.15) is 0 Å². The second kappa shape index (κ2) is 5.06. The molecule has 2 atom stereocenters. The van der Waals surface area contributed by atoms with E-state index in [9.17, 15) is 9.59 Å². The Morgan fingerprint density at radius 3 is 2.33 bits per heavy atom. The minimum atomic E-state index is -0.905. The van der Waals surface area contributed by atoms with Crippen LogP contribution in [-0.2, 0) is 9.59 Å². The molecule has 2 rings (SSSR count). The molecule has 1 saturated carbocycles. The smallest absolute Gasteiger partial charge is 0.307 e. The minimum Gasteiger partial charge on any atom is -0.481 e. The number of hydrogen-bond acceptors (Lipinski definition) is 3. The van der Waals surface area contributed by atoms with Crippen LogP contribution in [0.4, 0.5) is 11.4 Å². The van der Waals surface area contributed by atoms with Gasteiger partial charge in [-0.05, 0) is 30.0 Å².